The standard InChI is InChI=1S/C17H23FN2O/c18-15-6-4-5-14(13-15)17(21)20-11-9-19(10-12-20)16-7-2-1-3-8-16/h4-6,13,16H,1-3,7-12H2/p+1. The van der Waals surface area contributed by atoms with E-state index >= 15 is 0 Å². The first-order valence-electron chi connectivity index (χ1n) is 8.13. The average molecular weight is 291 g/mol. The molecule has 2 fully saturated rings. The van der Waals surface area contributed by atoms with E-state index in [9.17, 15) is 9.18 Å². The van der Waals surface area contributed by atoms with Crippen molar-refractivity contribution in [1.29, 1.82) is 0 Å². The molecule has 0 radical (unpaired) electrons. The van der Waals surface area contributed by atoms with E-state index in [1.54, 1.807) is 17.0 Å². The SMILES string of the molecule is O=C(c1cccc(F)c1)N1CC[NH+](C2CCCCC2)CC1. The Morgan fingerprint density at radius 3 is 2.52 bits per heavy atom. The first-order valence-corrected chi connectivity index (χ1v) is 8.13. The Morgan fingerprint density at radius 1 is 1.14 bits per heavy atom. The van der Waals surface area contributed by atoms with Crippen molar-refractivity contribution >= 4 is 5.91 Å². The molecule has 1 saturated heterocycles. The lowest BCUT2D eigenvalue weighted by molar-refractivity contribution is -0.930. The highest BCUT2D eigenvalue weighted by Crippen LogP contribution is 2.16. The molecule has 2 aliphatic rings. The Bertz CT molecular complexity index is 491. The van der Waals surface area contributed by atoms with Crippen molar-refractivity contribution in [2.75, 3.05) is 26.2 Å². The van der Waals surface area contributed by atoms with E-state index in [1.807, 2.05) is 4.90 Å². The van der Waals surface area contributed by atoms with Gasteiger partial charge in [-0.1, -0.05) is 12.5 Å². The van der Waals surface area contributed by atoms with Gasteiger partial charge in [-0.25, -0.2) is 4.39 Å². The Morgan fingerprint density at radius 2 is 1.86 bits per heavy atom. The lowest BCUT2D eigenvalue weighted by Crippen LogP contribution is -3.18. The fourth-order valence-corrected chi connectivity index (χ4v) is 3.72. The summed E-state index contributed by atoms with van der Waals surface area (Å²) in [7, 11) is 0. The van der Waals surface area contributed by atoms with Crippen LogP contribution in [-0.2, 0) is 0 Å². The number of carbonyl (C=O) groups excluding carboxylic acids is 1. The molecule has 0 aromatic heterocycles. The van der Waals surface area contributed by atoms with Crippen LogP contribution in [0.3, 0.4) is 0 Å². The van der Waals surface area contributed by atoms with Crippen molar-refractivity contribution in [3.05, 3.63) is 35.6 Å². The minimum Gasteiger partial charge on any atom is -0.330 e. The van der Waals surface area contributed by atoms with Gasteiger partial charge in [-0.3, -0.25) is 4.79 Å². The van der Waals surface area contributed by atoms with Crippen molar-refractivity contribution in [3.8, 4) is 0 Å². The summed E-state index contributed by atoms with van der Waals surface area (Å²) < 4.78 is 13.2. The van der Waals surface area contributed by atoms with Crippen LogP contribution in [0.2, 0.25) is 0 Å². The quantitative estimate of drug-likeness (QED) is 0.877. The summed E-state index contributed by atoms with van der Waals surface area (Å²) in [6.07, 6.45) is 6.79. The zero-order chi connectivity index (χ0) is 14.7. The lowest BCUT2D eigenvalue weighted by atomic mass is 9.94. The first-order chi connectivity index (χ1) is 10.2. The predicted molar refractivity (Wildman–Crippen MR) is 79.9 cm³/mol. The van der Waals surface area contributed by atoms with Crippen LogP contribution in [0.1, 0.15) is 42.5 Å². The van der Waals surface area contributed by atoms with Gasteiger partial charge < -0.3 is 9.80 Å². The topological polar surface area (TPSA) is 24.8 Å². The van der Waals surface area contributed by atoms with Gasteiger partial charge in [-0.15, -0.1) is 0 Å². The molecular formula is C17H24FN2O+. The third kappa shape index (κ3) is 3.43. The monoisotopic (exact) mass is 291 g/mol. The normalized spacial score (nSPS) is 21.5. The van der Waals surface area contributed by atoms with Gasteiger partial charge in [0.15, 0.2) is 0 Å². The summed E-state index contributed by atoms with van der Waals surface area (Å²) >= 11 is 0. The molecule has 1 heterocycles. The molecule has 114 valence electrons. The van der Waals surface area contributed by atoms with Crippen molar-refractivity contribution in [2.24, 2.45) is 0 Å². The van der Waals surface area contributed by atoms with E-state index in [2.05, 4.69) is 0 Å². The molecule has 1 aromatic rings. The van der Waals surface area contributed by atoms with Gasteiger partial charge >= 0.3 is 0 Å². The maximum atomic E-state index is 13.2. The molecule has 1 aromatic carbocycles. The molecule has 0 spiro atoms. The van der Waals surface area contributed by atoms with Crippen molar-refractivity contribution < 1.29 is 14.1 Å². The molecule has 1 aliphatic heterocycles. The number of benzene rings is 1. The predicted octanol–water partition coefficient (Wildman–Crippen LogP) is 1.50. The average Bonchev–Trinajstić information content (AvgIpc) is 2.55. The fourth-order valence-electron chi connectivity index (χ4n) is 3.72. The Labute approximate surface area is 125 Å². The summed E-state index contributed by atoms with van der Waals surface area (Å²) in [6.45, 7) is 3.65. The van der Waals surface area contributed by atoms with Crippen LogP contribution < -0.4 is 4.90 Å². The van der Waals surface area contributed by atoms with Gasteiger partial charge in [0.1, 0.15) is 5.82 Å². The Kier molecular flexibility index (Phi) is 4.54. The smallest absolute Gasteiger partial charge is 0.254 e. The number of piperazine rings is 1. The molecule has 1 saturated carbocycles. The maximum absolute atomic E-state index is 13.2. The van der Waals surface area contributed by atoms with Crippen molar-refractivity contribution in [3.63, 3.8) is 0 Å². The third-order valence-electron chi connectivity index (χ3n) is 4.95. The first kappa shape index (κ1) is 14.5. The highest BCUT2D eigenvalue weighted by molar-refractivity contribution is 5.94. The largest absolute Gasteiger partial charge is 0.330 e. The molecule has 0 bridgehead atoms. The lowest BCUT2D eigenvalue weighted by Gasteiger charge is -2.38. The molecule has 3 nitrogen and oxygen atoms in total. The second-order valence-corrected chi connectivity index (χ2v) is 6.30. The molecule has 1 aliphatic carbocycles. The molecule has 0 atom stereocenters. The van der Waals surface area contributed by atoms with Crippen LogP contribution in [0.15, 0.2) is 24.3 Å². The highest BCUT2D eigenvalue weighted by atomic mass is 19.1. The zero-order valence-corrected chi connectivity index (χ0v) is 12.5. The van der Waals surface area contributed by atoms with Crippen LogP contribution in [-0.4, -0.2) is 43.0 Å². The fraction of sp³-hybridized carbons (Fsp3) is 0.588. The summed E-state index contributed by atoms with van der Waals surface area (Å²) in [5.74, 6) is -0.371. The number of nitrogens with one attached hydrogen (secondary N) is 1. The number of carbonyl (C=O) groups is 1. The van der Waals surface area contributed by atoms with Gasteiger partial charge in [-0.2, -0.15) is 0 Å². The second-order valence-electron chi connectivity index (χ2n) is 6.30. The number of hydrogen-bond donors (Lipinski definition) is 1. The third-order valence-corrected chi connectivity index (χ3v) is 4.95. The summed E-state index contributed by atoms with van der Waals surface area (Å²) in [6, 6.07) is 6.81. The van der Waals surface area contributed by atoms with Crippen LogP contribution in [0, 0.1) is 5.82 Å². The van der Waals surface area contributed by atoms with Crippen molar-refractivity contribution in [2.45, 2.75) is 38.1 Å². The zero-order valence-electron chi connectivity index (χ0n) is 12.5. The Hall–Kier alpha value is -1.42. The highest BCUT2D eigenvalue weighted by Gasteiger charge is 2.30. The van der Waals surface area contributed by atoms with Gasteiger partial charge in [0.25, 0.3) is 5.91 Å². The van der Waals surface area contributed by atoms with E-state index in [4.69, 9.17) is 0 Å². The summed E-state index contributed by atoms with van der Waals surface area (Å²) in [4.78, 5) is 15.9. The molecule has 21 heavy (non-hydrogen) atoms. The molecule has 1 amide bonds. The number of quaternary nitrogens is 1. The van der Waals surface area contributed by atoms with E-state index in [0.29, 0.717) is 5.56 Å². The number of hydrogen-bond acceptors (Lipinski definition) is 1. The minimum absolute atomic E-state index is 0.0304. The number of halogens is 1. The summed E-state index contributed by atoms with van der Waals surface area (Å²) in [5, 5.41) is 0. The molecule has 4 heteroatoms. The van der Waals surface area contributed by atoms with E-state index in [0.717, 1.165) is 32.2 Å². The number of rotatable bonds is 2. The van der Waals surface area contributed by atoms with Crippen molar-refractivity contribution in [1.82, 2.24) is 4.90 Å². The van der Waals surface area contributed by atoms with Crippen LogP contribution in [0.5, 0.6) is 0 Å². The molecule has 1 N–H and O–H groups in total. The number of amides is 1. The van der Waals surface area contributed by atoms with Gasteiger partial charge in [0.05, 0.1) is 32.2 Å². The van der Waals surface area contributed by atoms with E-state index in [-0.39, 0.29) is 11.7 Å². The molecule has 0 unspecified atom stereocenters. The maximum Gasteiger partial charge on any atom is 0.254 e. The molecular weight excluding hydrogens is 267 g/mol. The second kappa shape index (κ2) is 6.56. The van der Waals surface area contributed by atoms with Gasteiger partial charge in [0, 0.05) is 5.56 Å². The van der Waals surface area contributed by atoms with Crippen LogP contribution in [0.4, 0.5) is 4.39 Å². The molecule has 3 rings (SSSR count). The van der Waals surface area contributed by atoms with Gasteiger partial charge in [0.2, 0.25) is 0 Å². The minimum atomic E-state index is -0.340. The van der Waals surface area contributed by atoms with E-state index < -0.39 is 0 Å². The van der Waals surface area contributed by atoms with E-state index in [1.165, 1.54) is 44.2 Å². The number of nitrogens with zero attached hydrogens (tertiary/aromatic N) is 1. The van der Waals surface area contributed by atoms with Gasteiger partial charge in [-0.05, 0) is 43.9 Å². The summed E-state index contributed by atoms with van der Waals surface area (Å²) in [5.41, 5.74) is 0.469. The van der Waals surface area contributed by atoms with Crippen LogP contribution >= 0.6 is 0 Å². The Balaban J connectivity index is 1.56. The van der Waals surface area contributed by atoms with Crippen LogP contribution in [0.25, 0.3) is 0 Å².